The van der Waals surface area contributed by atoms with Crippen molar-refractivity contribution in [3.63, 3.8) is 0 Å². The summed E-state index contributed by atoms with van der Waals surface area (Å²) in [6.07, 6.45) is 2.49. The van der Waals surface area contributed by atoms with Gasteiger partial charge in [-0.05, 0) is 57.2 Å². The molecule has 21 heavy (non-hydrogen) atoms. The molecule has 1 aliphatic heterocycles. The predicted octanol–water partition coefficient (Wildman–Crippen LogP) is 2.11. The lowest BCUT2D eigenvalue weighted by Gasteiger charge is -2.37. The molecule has 0 aromatic heterocycles. The molecule has 1 heterocycles. The van der Waals surface area contributed by atoms with Crippen LogP contribution in [0.25, 0.3) is 0 Å². The van der Waals surface area contributed by atoms with E-state index in [1.165, 1.54) is 32.5 Å². The van der Waals surface area contributed by atoms with Crippen molar-refractivity contribution >= 4 is 0 Å². The summed E-state index contributed by atoms with van der Waals surface area (Å²) in [7, 11) is 3.89. The molecule has 118 valence electrons. The summed E-state index contributed by atoms with van der Waals surface area (Å²) in [5, 5.41) is 0. The number of likely N-dealkylation sites (N-methyl/N-ethyl adjacent to an activating group) is 1. The molecule has 4 heteroatoms. The van der Waals surface area contributed by atoms with Gasteiger partial charge in [-0.1, -0.05) is 19.1 Å². The van der Waals surface area contributed by atoms with Gasteiger partial charge in [0.1, 0.15) is 5.75 Å². The Bertz CT molecular complexity index is 430. The molecule has 1 fully saturated rings. The maximum Gasteiger partial charge on any atom is 0.119 e. The van der Waals surface area contributed by atoms with Gasteiger partial charge < -0.3 is 20.3 Å². The van der Waals surface area contributed by atoms with E-state index in [4.69, 9.17) is 10.5 Å². The van der Waals surface area contributed by atoms with Crippen molar-refractivity contribution in [2.24, 2.45) is 5.73 Å². The van der Waals surface area contributed by atoms with Gasteiger partial charge in [-0.3, -0.25) is 0 Å². The van der Waals surface area contributed by atoms with E-state index in [9.17, 15) is 0 Å². The average Bonchev–Trinajstić information content (AvgIpc) is 2.54. The lowest BCUT2D eigenvalue weighted by Crippen LogP contribution is -2.45. The van der Waals surface area contributed by atoms with E-state index in [-0.39, 0.29) is 6.04 Å². The van der Waals surface area contributed by atoms with Crippen LogP contribution in [0.5, 0.6) is 5.75 Å². The SMILES string of the molecule is CCN1CCC(N(C)CC(N)c2cccc(OC)c2)CC1. The van der Waals surface area contributed by atoms with Crippen molar-refractivity contribution in [2.45, 2.75) is 31.8 Å². The van der Waals surface area contributed by atoms with Gasteiger partial charge in [0, 0.05) is 18.6 Å². The summed E-state index contributed by atoms with van der Waals surface area (Å²) < 4.78 is 5.28. The summed E-state index contributed by atoms with van der Waals surface area (Å²) in [6.45, 7) is 6.71. The second-order valence-electron chi connectivity index (χ2n) is 5.99. The molecule has 4 nitrogen and oxygen atoms in total. The first-order chi connectivity index (χ1) is 10.1. The van der Waals surface area contributed by atoms with Crippen LogP contribution in [0, 0.1) is 0 Å². The van der Waals surface area contributed by atoms with Crippen molar-refractivity contribution in [3.05, 3.63) is 29.8 Å². The zero-order valence-electron chi connectivity index (χ0n) is 13.6. The van der Waals surface area contributed by atoms with Gasteiger partial charge in [0.25, 0.3) is 0 Å². The summed E-state index contributed by atoms with van der Waals surface area (Å²) in [5.41, 5.74) is 7.52. The Morgan fingerprint density at radius 3 is 2.71 bits per heavy atom. The van der Waals surface area contributed by atoms with Crippen LogP contribution in [0.2, 0.25) is 0 Å². The van der Waals surface area contributed by atoms with E-state index < -0.39 is 0 Å². The lowest BCUT2D eigenvalue weighted by molar-refractivity contribution is 0.127. The average molecular weight is 291 g/mol. The Morgan fingerprint density at radius 1 is 1.38 bits per heavy atom. The van der Waals surface area contributed by atoms with E-state index in [0.717, 1.165) is 17.9 Å². The predicted molar refractivity (Wildman–Crippen MR) is 87.7 cm³/mol. The second kappa shape index (κ2) is 7.78. The molecule has 1 aromatic rings. The number of ether oxygens (including phenoxy) is 1. The van der Waals surface area contributed by atoms with Crippen LogP contribution in [0.15, 0.2) is 24.3 Å². The zero-order chi connectivity index (χ0) is 15.2. The fraction of sp³-hybridized carbons (Fsp3) is 0.647. The van der Waals surface area contributed by atoms with Crippen molar-refractivity contribution in [2.75, 3.05) is 40.3 Å². The third-order valence-corrected chi connectivity index (χ3v) is 4.63. The first-order valence-corrected chi connectivity index (χ1v) is 7.96. The Balaban J connectivity index is 1.88. The zero-order valence-corrected chi connectivity index (χ0v) is 13.6. The molecular weight excluding hydrogens is 262 g/mol. The van der Waals surface area contributed by atoms with Gasteiger partial charge in [-0.15, -0.1) is 0 Å². The molecule has 1 unspecified atom stereocenters. The number of hydrogen-bond donors (Lipinski definition) is 1. The Kier molecular flexibility index (Phi) is 6.03. The minimum absolute atomic E-state index is 0.0364. The number of benzene rings is 1. The van der Waals surface area contributed by atoms with E-state index in [0.29, 0.717) is 6.04 Å². The molecule has 0 amide bonds. The van der Waals surface area contributed by atoms with Crippen LogP contribution in [0.1, 0.15) is 31.4 Å². The molecule has 2 rings (SSSR count). The number of nitrogens with two attached hydrogens (primary N) is 1. The first kappa shape index (κ1) is 16.3. The smallest absolute Gasteiger partial charge is 0.119 e. The van der Waals surface area contributed by atoms with Gasteiger partial charge in [-0.2, -0.15) is 0 Å². The minimum Gasteiger partial charge on any atom is -0.497 e. The van der Waals surface area contributed by atoms with Gasteiger partial charge in [-0.25, -0.2) is 0 Å². The number of likely N-dealkylation sites (tertiary alicyclic amines) is 1. The standard InChI is InChI=1S/C17H29N3O/c1-4-20-10-8-15(9-11-20)19(2)13-17(18)14-6-5-7-16(12-14)21-3/h5-7,12,15,17H,4,8-11,13,18H2,1-3H3. The van der Waals surface area contributed by atoms with Crippen LogP contribution >= 0.6 is 0 Å². The Labute approximate surface area is 128 Å². The van der Waals surface area contributed by atoms with Gasteiger partial charge in [0.15, 0.2) is 0 Å². The number of piperidine rings is 1. The van der Waals surface area contributed by atoms with Crippen LogP contribution in [0.3, 0.4) is 0 Å². The summed E-state index contributed by atoms with van der Waals surface area (Å²) in [5.74, 6) is 0.877. The van der Waals surface area contributed by atoms with E-state index >= 15 is 0 Å². The molecule has 0 spiro atoms. The lowest BCUT2D eigenvalue weighted by atomic mass is 10.0. The van der Waals surface area contributed by atoms with Crippen molar-refractivity contribution in [1.29, 1.82) is 0 Å². The first-order valence-electron chi connectivity index (χ1n) is 7.96. The maximum absolute atomic E-state index is 6.37. The summed E-state index contributed by atoms with van der Waals surface area (Å²) >= 11 is 0. The van der Waals surface area contributed by atoms with Gasteiger partial charge in [0.05, 0.1) is 7.11 Å². The molecule has 1 saturated heterocycles. The van der Waals surface area contributed by atoms with Crippen LogP contribution in [0.4, 0.5) is 0 Å². The normalized spacial score (nSPS) is 18.9. The minimum atomic E-state index is 0.0364. The molecule has 0 radical (unpaired) electrons. The second-order valence-corrected chi connectivity index (χ2v) is 5.99. The number of methoxy groups -OCH3 is 1. The third-order valence-electron chi connectivity index (χ3n) is 4.63. The molecule has 0 saturated carbocycles. The van der Waals surface area contributed by atoms with E-state index in [1.54, 1.807) is 7.11 Å². The van der Waals surface area contributed by atoms with Crippen molar-refractivity contribution in [1.82, 2.24) is 9.80 Å². The van der Waals surface area contributed by atoms with Crippen molar-refractivity contribution < 1.29 is 4.74 Å². The van der Waals surface area contributed by atoms with Crippen molar-refractivity contribution in [3.8, 4) is 5.75 Å². The summed E-state index contributed by atoms with van der Waals surface area (Å²) in [6, 6.07) is 8.78. The highest BCUT2D eigenvalue weighted by molar-refractivity contribution is 5.30. The molecule has 0 bridgehead atoms. The van der Waals surface area contributed by atoms with Crippen LogP contribution < -0.4 is 10.5 Å². The third kappa shape index (κ3) is 4.43. The number of hydrogen-bond acceptors (Lipinski definition) is 4. The highest BCUT2D eigenvalue weighted by Gasteiger charge is 2.23. The Morgan fingerprint density at radius 2 is 2.10 bits per heavy atom. The maximum atomic E-state index is 6.37. The van der Waals surface area contributed by atoms with Gasteiger partial charge in [0.2, 0.25) is 0 Å². The fourth-order valence-electron chi connectivity index (χ4n) is 3.11. The largest absolute Gasteiger partial charge is 0.497 e. The van der Waals surface area contributed by atoms with Gasteiger partial charge >= 0.3 is 0 Å². The fourth-order valence-corrected chi connectivity index (χ4v) is 3.11. The van der Waals surface area contributed by atoms with E-state index in [2.05, 4.69) is 29.8 Å². The number of nitrogens with zero attached hydrogens (tertiary/aromatic N) is 2. The molecule has 1 atom stereocenters. The van der Waals surface area contributed by atoms with E-state index in [1.807, 2.05) is 18.2 Å². The Hall–Kier alpha value is -1.10. The molecule has 1 aliphatic rings. The quantitative estimate of drug-likeness (QED) is 0.871. The number of rotatable bonds is 6. The van der Waals surface area contributed by atoms with Crippen LogP contribution in [-0.4, -0.2) is 56.2 Å². The molecule has 0 aliphatic carbocycles. The molecule has 2 N–H and O–H groups in total. The molecule has 1 aromatic carbocycles. The summed E-state index contributed by atoms with van der Waals surface area (Å²) in [4.78, 5) is 4.95. The highest BCUT2D eigenvalue weighted by Crippen LogP contribution is 2.21. The highest BCUT2D eigenvalue weighted by atomic mass is 16.5. The van der Waals surface area contributed by atoms with Crippen LogP contribution in [-0.2, 0) is 0 Å². The topological polar surface area (TPSA) is 41.7 Å². The molecular formula is C17H29N3O. The monoisotopic (exact) mass is 291 g/mol.